The SMILES string of the molecule is CCCOc1ccc(F)cc1C(C)Nc1ccn2ncc(I)c2n1. The van der Waals surface area contributed by atoms with Gasteiger partial charge in [-0.15, -0.1) is 0 Å². The Kier molecular flexibility index (Phi) is 5.17. The molecule has 1 aromatic carbocycles. The minimum atomic E-state index is -0.281. The van der Waals surface area contributed by atoms with Crippen LogP contribution in [0, 0.1) is 9.39 Å². The number of rotatable bonds is 6. The maximum atomic E-state index is 13.7. The second kappa shape index (κ2) is 7.33. The van der Waals surface area contributed by atoms with E-state index in [0.29, 0.717) is 18.2 Å². The molecule has 1 unspecified atom stereocenters. The summed E-state index contributed by atoms with van der Waals surface area (Å²) in [5.41, 5.74) is 1.56. The standard InChI is InChI=1S/C17H18FIN4O/c1-3-8-24-15-5-4-12(18)9-13(15)11(2)21-16-6-7-23-17(22-16)14(19)10-20-23/h4-7,9-11H,3,8H2,1-2H3,(H,21,22). The van der Waals surface area contributed by atoms with Crippen LogP contribution in [0.2, 0.25) is 0 Å². The Morgan fingerprint density at radius 3 is 3.00 bits per heavy atom. The number of nitrogens with zero attached hydrogens (tertiary/aromatic N) is 3. The third kappa shape index (κ3) is 3.61. The van der Waals surface area contributed by atoms with Crippen LogP contribution in [0.15, 0.2) is 36.7 Å². The number of hydrogen-bond donors (Lipinski definition) is 1. The van der Waals surface area contributed by atoms with Gasteiger partial charge in [0.05, 0.1) is 22.4 Å². The van der Waals surface area contributed by atoms with Crippen molar-refractivity contribution in [2.75, 3.05) is 11.9 Å². The van der Waals surface area contributed by atoms with Gasteiger partial charge in [-0.2, -0.15) is 5.10 Å². The van der Waals surface area contributed by atoms with Gasteiger partial charge in [-0.1, -0.05) is 6.92 Å². The number of aromatic nitrogens is 3. The van der Waals surface area contributed by atoms with E-state index < -0.39 is 0 Å². The van der Waals surface area contributed by atoms with E-state index in [1.54, 1.807) is 16.8 Å². The number of anilines is 1. The van der Waals surface area contributed by atoms with Gasteiger partial charge in [0.25, 0.3) is 0 Å². The zero-order chi connectivity index (χ0) is 17.1. The monoisotopic (exact) mass is 440 g/mol. The van der Waals surface area contributed by atoms with Gasteiger partial charge in [-0.05, 0) is 60.2 Å². The summed E-state index contributed by atoms with van der Waals surface area (Å²) in [7, 11) is 0. The molecule has 0 aliphatic heterocycles. The minimum absolute atomic E-state index is 0.150. The summed E-state index contributed by atoms with van der Waals surface area (Å²) >= 11 is 2.20. The molecule has 3 aromatic rings. The zero-order valence-electron chi connectivity index (χ0n) is 13.5. The Hall–Kier alpha value is -1.90. The highest BCUT2D eigenvalue weighted by molar-refractivity contribution is 14.1. The molecule has 0 saturated carbocycles. The predicted octanol–water partition coefficient (Wildman–Crippen LogP) is 4.43. The smallest absolute Gasteiger partial charge is 0.170 e. The van der Waals surface area contributed by atoms with Crippen LogP contribution in [0.1, 0.15) is 31.9 Å². The Bertz CT molecular complexity index is 852. The van der Waals surface area contributed by atoms with Crippen molar-refractivity contribution < 1.29 is 9.13 Å². The molecule has 0 fully saturated rings. The number of halogens is 2. The number of benzene rings is 1. The van der Waals surface area contributed by atoms with Gasteiger partial charge in [-0.3, -0.25) is 0 Å². The molecule has 2 aromatic heterocycles. The molecule has 1 N–H and O–H groups in total. The van der Waals surface area contributed by atoms with E-state index in [0.717, 1.165) is 21.2 Å². The van der Waals surface area contributed by atoms with Gasteiger partial charge in [-0.25, -0.2) is 13.9 Å². The zero-order valence-corrected chi connectivity index (χ0v) is 15.6. The highest BCUT2D eigenvalue weighted by Gasteiger charge is 2.14. The first kappa shape index (κ1) is 16.9. The van der Waals surface area contributed by atoms with E-state index in [1.807, 2.05) is 26.1 Å². The van der Waals surface area contributed by atoms with Crippen molar-refractivity contribution in [3.63, 3.8) is 0 Å². The first-order chi connectivity index (χ1) is 11.6. The van der Waals surface area contributed by atoms with E-state index in [2.05, 4.69) is 38.0 Å². The van der Waals surface area contributed by atoms with Crippen LogP contribution in [0.5, 0.6) is 5.75 Å². The summed E-state index contributed by atoms with van der Waals surface area (Å²) < 4.78 is 22.1. The molecule has 0 aliphatic carbocycles. The molecular formula is C17H18FIN4O. The summed E-state index contributed by atoms with van der Waals surface area (Å²) in [5, 5.41) is 7.51. The van der Waals surface area contributed by atoms with E-state index in [4.69, 9.17) is 4.74 Å². The Balaban J connectivity index is 1.86. The fourth-order valence-electron chi connectivity index (χ4n) is 2.42. The molecule has 1 atom stereocenters. The van der Waals surface area contributed by atoms with Crippen LogP contribution in [0.4, 0.5) is 10.2 Å². The second-order valence-corrected chi connectivity index (χ2v) is 6.63. The molecule has 0 aliphatic rings. The van der Waals surface area contributed by atoms with E-state index in [-0.39, 0.29) is 11.9 Å². The molecule has 2 heterocycles. The normalized spacial score (nSPS) is 12.3. The van der Waals surface area contributed by atoms with Gasteiger partial charge >= 0.3 is 0 Å². The molecule has 126 valence electrons. The predicted molar refractivity (Wildman–Crippen MR) is 99.9 cm³/mol. The molecule has 0 spiro atoms. The highest BCUT2D eigenvalue weighted by Crippen LogP contribution is 2.28. The topological polar surface area (TPSA) is 51.5 Å². The molecule has 0 saturated heterocycles. The van der Waals surface area contributed by atoms with Gasteiger partial charge in [0.15, 0.2) is 5.65 Å². The quantitative estimate of drug-likeness (QED) is 0.577. The second-order valence-electron chi connectivity index (χ2n) is 5.47. The van der Waals surface area contributed by atoms with Crippen molar-refractivity contribution >= 4 is 34.1 Å². The van der Waals surface area contributed by atoms with Crippen LogP contribution in [-0.4, -0.2) is 21.2 Å². The lowest BCUT2D eigenvalue weighted by atomic mass is 10.1. The summed E-state index contributed by atoms with van der Waals surface area (Å²) in [5.74, 6) is 1.12. The van der Waals surface area contributed by atoms with Crippen molar-refractivity contribution in [1.29, 1.82) is 0 Å². The van der Waals surface area contributed by atoms with Crippen molar-refractivity contribution in [2.24, 2.45) is 0 Å². The van der Waals surface area contributed by atoms with Crippen LogP contribution < -0.4 is 10.1 Å². The van der Waals surface area contributed by atoms with Crippen molar-refractivity contribution in [3.8, 4) is 5.75 Å². The Labute approximate surface area is 153 Å². The average Bonchev–Trinajstić information content (AvgIpc) is 2.94. The molecule has 7 heteroatoms. The third-order valence-corrected chi connectivity index (χ3v) is 4.35. The van der Waals surface area contributed by atoms with Gasteiger partial charge < -0.3 is 10.1 Å². The number of fused-ring (bicyclic) bond motifs is 1. The average molecular weight is 440 g/mol. The maximum Gasteiger partial charge on any atom is 0.170 e. The largest absolute Gasteiger partial charge is 0.493 e. The molecule has 24 heavy (non-hydrogen) atoms. The first-order valence-corrected chi connectivity index (χ1v) is 8.85. The van der Waals surface area contributed by atoms with E-state index in [9.17, 15) is 4.39 Å². The van der Waals surface area contributed by atoms with Gasteiger partial charge in [0, 0.05) is 11.8 Å². The van der Waals surface area contributed by atoms with Crippen molar-refractivity contribution in [2.45, 2.75) is 26.3 Å². The number of nitrogens with one attached hydrogen (secondary N) is 1. The van der Waals surface area contributed by atoms with Crippen molar-refractivity contribution in [3.05, 3.63) is 51.6 Å². The number of ether oxygens (including phenoxy) is 1. The summed E-state index contributed by atoms with van der Waals surface area (Å²) in [6.07, 6.45) is 4.51. The van der Waals surface area contributed by atoms with Crippen LogP contribution in [0.3, 0.4) is 0 Å². The Morgan fingerprint density at radius 2 is 2.21 bits per heavy atom. The molecular weight excluding hydrogens is 422 g/mol. The van der Waals surface area contributed by atoms with Gasteiger partial charge in [0.1, 0.15) is 17.4 Å². The van der Waals surface area contributed by atoms with E-state index >= 15 is 0 Å². The molecule has 3 rings (SSSR count). The van der Waals surface area contributed by atoms with Crippen LogP contribution in [0.25, 0.3) is 5.65 Å². The summed E-state index contributed by atoms with van der Waals surface area (Å²) in [6.45, 7) is 4.60. The van der Waals surface area contributed by atoms with Crippen LogP contribution >= 0.6 is 22.6 Å². The molecule has 0 amide bonds. The third-order valence-electron chi connectivity index (χ3n) is 3.59. The van der Waals surface area contributed by atoms with Gasteiger partial charge in [0.2, 0.25) is 0 Å². The lowest BCUT2D eigenvalue weighted by molar-refractivity contribution is 0.312. The molecule has 0 radical (unpaired) electrons. The number of hydrogen-bond acceptors (Lipinski definition) is 4. The highest BCUT2D eigenvalue weighted by atomic mass is 127. The Morgan fingerprint density at radius 1 is 1.38 bits per heavy atom. The fraction of sp³-hybridized carbons (Fsp3) is 0.294. The van der Waals surface area contributed by atoms with Crippen LogP contribution in [-0.2, 0) is 0 Å². The maximum absolute atomic E-state index is 13.7. The van der Waals surface area contributed by atoms with E-state index in [1.165, 1.54) is 12.1 Å². The summed E-state index contributed by atoms with van der Waals surface area (Å²) in [4.78, 5) is 4.56. The minimum Gasteiger partial charge on any atom is -0.493 e. The lowest BCUT2D eigenvalue weighted by Gasteiger charge is -2.19. The van der Waals surface area contributed by atoms with Crippen molar-refractivity contribution in [1.82, 2.24) is 14.6 Å². The lowest BCUT2D eigenvalue weighted by Crippen LogP contribution is -2.11. The first-order valence-electron chi connectivity index (χ1n) is 7.77. The molecule has 0 bridgehead atoms. The fourth-order valence-corrected chi connectivity index (χ4v) is 2.91. The molecule has 5 nitrogen and oxygen atoms in total. The summed E-state index contributed by atoms with van der Waals surface area (Å²) in [6, 6.07) is 6.29.